The molecule has 3 aliphatic rings. The molecule has 1 amide bonds. The number of hydrogen-bond donors (Lipinski definition) is 1. The van der Waals surface area contributed by atoms with Crippen LogP contribution in [0.4, 0.5) is 4.39 Å². The van der Waals surface area contributed by atoms with Gasteiger partial charge in [0.2, 0.25) is 5.91 Å². The molecule has 4 rings (SSSR count). The SMILES string of the molecule is CC(c1ccc2c(c1)CCCC2)C(CN1CCCC1)NC(=O)CCC1=CCCC(F)=C1. The van der Waals surface area contributed by atoms with Crippen LogP contribution in [0.3, 0.4) is 0 Å². The van der Waals surface area contributed by atoms with Gasteiger partial charge in [-0.05, 0) is 92.8 Å². The fraction of sp³-hybridized carbons (Fsp3) is 0.593. The number of nitrogens with one attached hydrogen (secondary N) is 1. The van der Waals surface area contributed by atoms with E-state index in [4.69, 9.17) is 0 Å². The van der Waals surface area contributed by atoms with Crippen molar-refractivity contribution in [3.63, 3.8) is 0 Å². The zero-order valence-corrected chi connectivity index (χ0v) is 19.0. The van der Waals surface area contributed by atoms with Gasteiger partial charge in [-0.25, -0.2) is 4.39 Å². The van der Waals surface area contributed by atoms with Gasteiger partial charge in [0.05, 0.1) is 0 Å². The number of allylic oxidation sites excluding steroid dienone is 4. The molecule has 0 spiro atoms. The molecule has 31 heavy (non-hydrogen) atoms. The molecule has 0 radical (unpaired) electrons. The summed E-state index contributed by atoms with van der Waals surface area (Å²) in [6.45, 7) is 5.41. The van der Waals surface area contributed by atoms with Crippen LogP contribution in [0.25, 0.3) is 0 Å². The number of amides is 1. The molecule has 2 aliphatic carbocycles. The van der Waals surface area contributed by atoms with E-state index in [1.807, 2.05) is 0 Å². The topological polar surface area (TPSA) is 32.3 Å². The van der Waals surface area contributed by atoms with Crippen molar-refractivity contribution in [2.75, 3.05) is 19.6 Å². The normalized spacial score (nSPS) is 21.1. The molecule has 2 unspecified atom stereocenters. The first-order valence-corrected chi connectivity index (χ1v) is 12.3. The third kappa shape index (κ3) is 6.06. The van der Waals surface area contributed by atoms with E-state index < -0.39 is 0 Å². The maximum atomic E-state index is 13.5. The summed E-state index contributed by atoms with van der Waals surface area (Å²) in [7, 11) is 0. The Hall–Kier alpha value is -1.94. The number of likely N-dealkylation sites (tertiary alicyclic amines) is 1. The molecule has 1 aromatic carbocycles. The van der Waals surface area contributed by atoms with Gasteiger partial charge in [-0.1, -0.05) is 31.2 Å². The summed E-state index contributed by atoms with van der Waals surface area (Å²) >= 11 is 0. The molecule has 168 valence electrons. The summed E-state index contributed by atoms with van der Waals surface area (Å²) in [6.07, 6.45) is 13.4. The fourth-order valence-corrected chi connectivity index (χ4v) is 5.28. The second kappa shape index (κ2) is 10.6. The average Bonchev–Trinajstić information content (AvgIpc) is 3.30. The quantitative estimate of drug-likeness (QED) is 0.589. The molecule has 1 heterocycles. The third-order valence-corrected chi connectivity index (χ3v) is 7.27. The first-order valence-electron chi connectivity index (χ1n) is 12.3. The number of fused-ring (bicyclic) bond motifs is 1. The van der Waals surface area contributed by atoms with Crippen molar-refractivity contribution >= 4 is 5.91 Å². The molecule has 1 aromatic rings. The van der Waals surface area contributed by atoms with Gasteiger partial charge >= 0.3 is 0 Å². The van der Waals surface area contributed by atoms with Gasteiger partial charge in [0.15, 0.2) is 0 Å². The van der Waals surface area contributed by atoms with E-state index in [1.54, 1.807) is 6.08 Å². The lowest BCUT2D eigenvalue weighted by Gasteiger charge is -2.30. The Morgan fingerprint density at radius 3 is 2.65 bits per heavy atom. The van der Waals surface area contributed by atoms with Crippen molar-refractivity contribution in [1.82, 2.24) is 10.2 Å². The van der Waals surface area contributed by atoms with Crippen molar-refractivity contribution in [1.29, 1.82) is 0 Å². The van der Waals surface area contributed by atoms with Gasteiger partial charge in [0.1, 0.15) is 5.83 Å². The molecule has 1 aliphatic heterocycles. The lowest BCUT2D eigenvalue weighted by molar-refractivity contribution is -0.122. The average molecular weight is 425 g/mol. The Labute approximate surface area is 186 Å². The highest BCUT2D eigenvalue weighted by Gasteiger charge is 2.26. The molecule has 1 fully saturated rings. The highest BCUT2D eigenvalue weighted by Crippen LogP contribution is 2.28. The number of carbonyl (C=O) groups excluding carboxylic acids is 1. The second-order valence-corrected chi connectivity index (χ2v) is 9.61. The molecule has 0 aromatic heterocycles. The summed E-state index contributed by atoms with van der Waals surface area (Å²) < 4.78 is 13.5. The molecule has 4 heteroatoms. The van der Waals surface area contributed by atoms with E-state index in [0.717, 1.165) is 31.6 Å². The van der Waals surface area contributed by atoms with Crippen molar-refractivity contribution in [3.8, 4) is 0 Å². The van der Waals surface area contributed by atoms with Crippen LogP contribution in [0.15, 0.2) is 41.8 Å². The van der Waals surface area contributed by atoms with Crippen LogP contribution >= 0.6 is 0 Å². The maximum absolute atomic E-state index is 13.5. The highest BCUT2D eigenvalue weighted by atomic mass is 19.1. The molecule has 1 N–H and O–H groups in total. The van der Waals surface area contributed by atoms with Crippen LogP contribution in [0.2, 0.25) is 0 Å². The lowest BCUT2D eigenvalue weighted by Crippen LogP contribution is -2.46. The molecule has 1 saturated heterocycles. The summed E-state index contributed by atoms with van der Waals surface area (Å²) in [5.74, 6) is 0.281. The molecule has 0 saturated carbocycles. The Balaban J connectivity index is 1.42. The van der Waals surface area contributed by atoms with Crippen molar-refractivity contribution in [3.05, 3.63) is 58.4 Å². The first-order chi connectivity index (χ1) is 15.1. The van der Waals surface area contributed by atoms with Crippen LogP contribution in [-0.4, -0.2) is 36.5 Å². The number of benzene rings is 1. The standard InChI is InChI=1S/C27H37FN2O/c1-20(23-13-12-22-8-2-3-9-24(22)18-23)26(19-30-15-4-5-16-30)29-27(31)14-11-21-7-6-10-25(28)17-21/h7,12-13,17-18,20,26H,2-6,8-11,14-16,19H2,1H3,(H,29,31). The number of nitrogens with zero attached hydrogens (tertiary/aromatic N) is 1. The molecule has 0 bridgehead atoms. The molecule has 3 nitrogen and oxygen atoms in total. The van der Waals surface area contributed by atoms with Crippen LogP contribution in [0, 0.1) is 0 Å². The molecular weight excluding hydrogens is 387 g/mol. The zero-order valence-electron chi connectivity index (χ0n) is 19.0. The maximum Gasteiger partial charge on any atom is 0.220 e. The minimum Gasteiger partial charge on any atom is -0.351 e. The first kappa shape index (κ1) is 22.3. The van der Waals surface area contributed by atoms with E-state index in [-0.39, 0.29) is 23.7 Å². The predicted molar refractivity (Wildman–Crippen MR) is 125 cm³/mol. The van der Waals surface area contributed by atoms with Gasteiger partial charge < -0.3 is 10.2 Å². The van der Waals surface area contributed by atoms with Gasteiger partial charge in [-0.2, -0.15) is 0 Å². The van der Waals surface area contributed by atoms with E-state index in [1.165, 1.54) is 55.2 Å². The number of aryl methyl sites for hydroxylation is 2. The summed E-state index contributed by atoms with van der Waals surface area (Å²) in [6, 6.07) is 7.08. The van der Waals surface area contributed by atoms with Gasteiger partial charge in [0, 0.05) is 31.3 Å². The Morgan fingerprint density at radius 2 is 1.87 bits per heavy atom. The van der Waals surface area contributed by atoms with Gasteiger partial charge in [-0.15, -0.1) is 0 Å². The number of hydrogen-bond acceptors (Lipinski definition) is 2. The van der Waals surface area contributed by atoms with E-state index in [9.17, 15) is 9.18 Å². The van der Waals surface area contributed by atoms with Crippen LogP contribution in [0.5, 0.6) is 0 Å². The van der Waals surface area contributed by atoms with Gasteiger partial charge in [0.25, 0.3) is 0 Å². The Bertz CT molecular complexity index is 838. The zero-order chi connectivity index (χ0) is 21.6. The minimum atomic E-state index is -0.0640. The van der Waals surface area contributed by atoms with Crippen LogP contribution < -0.4 is 5.32 Å². The number of rotatable bonds is 8. The van der Waals surface area contributed by atoms with Gasteiger partial charge in [-0.3, -0.25) is 4.79 Å². The number of carbonyl (C=O) groups is 1. The minimum absolute atomic E-state index is 0.0640. The molecule has 2 atom stereocenters. The largest absolute Gasteiger partial charge is 0.351 e. The Morgan fingerprint density at radius 1 is 1.10 bits per heavy atom. The van der Waals surface area contributed by atoms with Crippen molar-refractivity contribution < 1.29 is 9.18 Å². The number of halogens is 1. The lowest BCUT2D eigenvalue weighted by atomic mass is 9.85. The third-order valence-electron chi connectivity index (χ3n) is 7.27. The summed E-state index contributed by atoms with van der Waals surface area (Å²) in [5, 5.41) is 3.35. The predicted octanol–water partition coefficient (Wildman–Crippen LogP) is 5.60. The van der Waals surface area contributed by atoms with Crippen molar-refractivity contribution in [2.45, 2.75) is 83.1 Å². The van der Waals surface area contributed by atoms with E-state index in [2.05, 4.69) is 41.4 Å². The smallest absolute Gasteiger partial charge is 0.220 e. The van der Waals surface area contributed by atoms with Crippen molar-refractivity contribution in [2.24, 2.45) is 0 Å². The van der Waals surface area contributed by atoms with E-state index in [0.29, 0.717) is 19.3 Å². The Kier molecular flexibility index (Phi) is 7.60. The second-order valence-electron chi connectivity index (χ2n) is 9.61. The van der Waals surface area contributed by atoms with E-state index >= 15 is 0 Å². The van der Waals surface area contributed by atoms with Crippen LogP contribution in [-0.2, 0) is 17.6 Å². The van der Waals surface area contributed by atoms with Crippen LogP contribution in [0.1, 0.15) is 80.9 Å². The summed E-state index contributed by atoms with van der Waals surface area (Å²) in [4.78, 5) is 15.3. The highest BCUT2D eigenvalue weighted by molar-refractivity contribution is 5.76. The monoisotopic (exact) mass is 424 g/mol. The fourth-order valence-electron chi connectivity index (χ4n) is 5.28. The molecular formula is C27H37FN2O. The summed E-state index contributed by atoms with van der Waals surface area (Å²) in [5.41, 5.74) is 5.30.